The zero-order valence-electron chi connectivity index (χ0n) is 18.1. The molecule has 0 aromatic heterocycles. The molecule has 5 aliphatic rings. The minimum atomic E-state index is -3.48. The molecule has 31 heavy (non-hydrogen) atoms. The summed E-state index contributed by atoms with van der Waals surface area (Å²) in [6, 6.07) is 0.249. The predicted octanol–water partition coefficient (Wildman–Crippen LogP) is -0.889. The Kier molecular flexibility index (Phi) is 6.04. The van der Waals surface area contributed by atoms with Gasteiger partial charge in [-0.15, -0.1) is 0 Å². The van der Waals surface area contributed by atoms with E-state index in [9.17, 15) is 17.2 Å². The van der Waals surface area contributed by atoms with Gasteiger partial charge in [0.1, 0.15) is 5.25 Å². The lowest BCUT2D eigenvalue weighted by atomic mass is 9.82. The Bertz CT molecular complexity index is 762. The monoisotopic (exact) mass is 463 g/mol. The van der Waals surface area contributed by atoms with Crippen molar-refractivity contribution in [2.24, 2.45) is 5.92 Å². The average molecular weight is 464 g/mol. The number of alkyl halides is 2. The number of fused-ring (bicyclic) bond motifs is 1. The van der Waals surface area contributed by atoms with Gasteiger partial charge in [-0.3, -0.25) is 15.8 Å². The molecule has 0 radical (unpaired) electrons. The van der Waals surface area contributed by atoms with E-state index in [1.54, 1.807) is 0 Å². The van der Waals surface area contributed by atoms with Crippen LogP contribution in [0.1, 0.15) is 32.1 Å². The molecule has 0 aromatic carbocycles. The first-order valence-corrected chi connectivity index (χ1v) is 13.1. The highest BCUT2D eigenvalue weighted by Gasteiger charge is 2.48. The fourth-order valence-corrected chi connectivity index (χ4v) is 7.67. The normalized spacial score (nSPS) is 42.4. The average Bonchev–Trinajstić information content (AvgIpc) is 3.35. The Hall–Kier alpha value is -0.470. The molecule has 1 aliphatic carbocycles. The zero-order valence-corrected chi connectivity index (χ0v) is 18.9. The number of hydrogen-bond acceptors (Lipinski definition) is 8. The van der Waals surface area contributed by atoms with Gasteiger partial charge in [0, 0.05) is 44.8 Å². The SMILES string of the molecule is CN1NCC2CCCC(NS(=O)(=O)C3CNN(C4CC(N5CC(F)(F)C5)CCN4)C3)C21. The van der Waals surface area contributed by atoms with Crippen LogP contribution in [0.15, 0.2) is 0 Å². The van der Waals surface area contributed by atoms with Crippen molar-refractivity contribution < 1.29 is 17.2 Å². The molecule has 6 unspecified atom stereocenters. The van der Waals surface area contributed by atoms with Crippen LogP contribution in [0, 0.1) is 5.92 Å². The Morgan fingerprint density at radius 2 is 1.90 bits per heavy atom. The highest BCUT2D eigenvalue weighted by atomic mass is 32.2. The molecule has 4 saturated heterocycles. The molecule has 5 fully saturated rings. The summed E-state index contributed by atoms with van der Waals surface area (Å²) in [5, 5.41) is 6.93. The van der Waals surface area contributed by atoms with E-state index in [1.807, 2.05) is 17.0 Å². The van der Waals surface area contributed by atoms with Crippen LogP contribution in [-0.2, 0) is 10.0 Å². The number of hydrazine groups is 2. The van der Waals surface area contributed by atoms with E-state index in [4.69, 9.17) is 0 Å². The molecular formula is C19H35F2N7O2S. The number of hydrogen-bond donors (Lipinski definition) is 4. The van der Waals surface area contributed by atoms with Gasteiger partial charge in [-0.2, -0.15) is 0 Å². The van der Waals surface area contributed by atoms with Crippen LogP contribution in [0.4, 0.5) is 8.78 Å². The second-order valence-corrected chi connectivity index (χ2v) is 12.0. The first kappa shape index (κ1) is 22.3. The summed E-state index contributed by atoms with van der Waals surface area (Å²) in [7, 11) is -1.48. The number of halogens is 2. The van der Waals surface area contributed by atoms with Crippen LogP contribution in [0.2, 0.25) is 0 Å². The highest BCUT2D eigenvalue weighted by molar-refractivity contribution is 7.90. The smallest absolute Gasteiger partial charge is 0.272 e. The molecule has 4 aliphatic heterocycles. The van der Waals surface area contributed by atoms with Gasteiger partial charge in [-0.25, -0.2) is 31.9 Å². The highest BCUT2D eigenvalue weighted by Crippen LogP contribution is 2.33. The number of piperidine rings is 1. The maximum atomic E-state index is 13.3. The summed E-state index contributed by atoms with van der Waals surface area (Å²) < 4.78 is 55.9. The lowest BCUT2D eigenvalue weighted by Crippen LogP contribution is -2.64. The van der Waals surface area contributed by atoms with Crippen LogP contribution in [0.3, 0.4) is 0 Å². The maximum Gasteiger partial charge on any atom is 0.272 e. The number of nitrogens with one attached hydrogen (secondary N) is 4. The second-order valence-electron chi connectivity index (χ2n) is 9.97. The first-order chi connectivity index (χ1) is 14.7. The number of likely N-dealkylation sites (N-methyl/N-ethyl adjacent to an activating group) is 1. The van der Waals surface area contributed by atoms with E-state index in [1.165, 1.54) is 0 Å². The van der Waals surface area contributed by atoms with Crippen molar-refractivity contribution >= 4 is 10.0 Å². The van der Waals surface area contributed by atoms with Gasteiger partial charge in [-0.1, -0.05) is 6.42 Å². The van der Waals surface area contributed by atoms with Gasteiger partial charge in [0.25, 0.3) is 5.92 Å². The molecule has 12 heteroatoms. The quantitative estimate of drug-likeness (QED) is 0.418. The van der Waals surface area contributed by atoms with E-state index >= 15 is 0 Å². The summed E-state index contributed by atoms with van der Waals surface area (Å²) >= 11 is 0. The molecule has 4 N–H and O–H groups in total. The third-order valence-corrected chi connectivity index (χ3v) is 9.65. The first-order valence-electron chi connectivity index (χ1n) is 11.5. The molecule has 5 rings (SSSR count). The van der Waals surface area contributed by atoms with Crippen molar-refractivity contribution in [3.63, 3.8) is 0 Å². The Labute approximate surface area is 183 Å². The molecule has 0 bridgehead atoms. The molecule has 0 spiro atoms. The van der Waals surface area contributed by atoms with Crippen LogP contribution >= 0.6 is 0 Å². The van der Waals surface area contributed by atoms with E-state index in [0.717, 1.165) is 38.8 Å². The van der Waals surface area contributed by atoms with Crippen molar-refractivity contribution in [2.75, 3.05) is 46.3 Å². The number of nitrogens with zero attached hydrogens (tertiary/aromatic N) is 3. The van der Waals surface area contributed by atoms with Crippen molar-refractivity contribution in [1.29, 1.82) is 0 Å². The summed E-state index contributed by atoms with van der Waals surface area (Å²) in [6.45, 7) is 2.10. The molecule has 0 aromatic rings. The Morgan fingerprint density at radius 3 is 2.68 bits per heavy atom. The number of sulfonamides is 1. The minimum Gasteiger partial charge on any atom is -0.301 e. The van der Waals surface area contributed by atoms with Gasteiger partial charge in [-0.05, 0) is 38.1 Å². The van der Waals surface area contributed by atoms with E-state index in [2.05, 4.69) is 25.9 Å². The third kappa shape index (κ3) is 4.50. The summed E-state index contributed by atoms with van der Waals surface area (Å²) in [5.74, 6) is -2.07. The van der Waals surface area contributed by atoms with Crippen molar-refractivity contribution in [3.05, 3.63) is 0 Å². The molecule has 9 nitrogen and oxygen atoms in total. The van der Waals surface area contributed by atoms with Gasteiger partial charge in [0.2, 0.25) is 10.0 Å². The molecule has 4 heterocycles. The molecule has 0 amide bonds. The van der Waals surface area contributed by atoms with E-state index in [0.29, 0.717) is 25.4 Å². The third-order valence-electron chi connectivity index (χ3n) is 7.83. The van der Waals surface area contributed by atoms with Crippen molar-refractivity contribution in [2.45, 2.75) is 67.6 Å². The van der Waals surface area contributed by atoms with Gasteiger partial charge < -0.3 is 5.32 Å². The Balaban J connectivity index is 1.17. The topological polar surface area (TPSA) is 92.0 Å². The second kappa shape index (κ2) is 8.39. The standard InChI is InChI=1S/C19H35F2N7O2S/c1-26-18-13(8-23-26)3-2-4-16(18)25-31(29,30)15-9-24-28(10-15)17-7-14(5-6-22-17)27-11-19(20,21)12-27/h13-18,22-25H,2-12H2,1H3. The fraction of sp³-hybridized carbons (Fsp3) is 1.00. The minimum absolute atomic E-state index is 0.0441. The van der Waals surface area contributed by atoms with Gasteiger partial charge in [0.05, 0.1) is 19.3 Å². The van der Waals surface area contributed by atoms with Gasteiger partial charge >= 0.3 is 0 Å². The summed E-state index contributed by atoms with van der Waals surface area (Å²) in [5.41, 5.74) is 6.59. The van der Waals surface area contributed by atoms with Crippen LogP contribution < -0.4 is 20.9 Å². The van der Waals surface area contributed by atoms with E-state index in [-0.39, 0.29) is 37.4 Å². The summed E-state index contributed by atoms with van der Waals surface area (Å²) in [4.78, 5) is 1.85. The van der Waals surface area contributed by atoms with Crippen LogP contribution in [0.25, 0.3) is 0 Å². The van der Waals surface area contributed by atoms with Crippen LogP contribution in [-0.4, -0.2) is 105 Å². The molecule has 1 saturated carbocycles. The fourth-order valence-electron chi connectivity index (χ4n) is 6.14. The van der Waals surface area contributed by atoms with Crippen molar-refractivity contribution in [1.82, 2.24) is 35.8 Å². The lowest BCUT2D eigenvalue weighted by Gasteiger charge is -2.47. The number of likely N-dealkylation sites (tertiary alicyclic amines) is 1. The molecular weight excluding hydrogens is 428 g/mol. The maximum absolute atomic E-state index is 13.3. The molecule has 6 atom stereocenters. The van der Waals surface area contributed by atoms with Gasteiger partial charge in [0.15, 0.2) is 0 Å². The van der Waals surface area contributed by atoms with Crippen molar-refractivity contribution in [3.8, 4) is 0 Å². The lowest BCUT2D eigenvalue weighted by molar-refractivity contribution is -0.153. The molecule has 178 valence electrons. The largest absolute Gasteiger partial charge is 0.301 e. The van der Waals surface area contributed by atoms with E-state index < -0.39 is 21.2 Å². The predicted molar refractivity (Wildman–Crippen MR) is 113 cm³/mol. The Morgan fingerprint density at radius 1 is 1.10 bits per heavy atom. The number of rotatable bonds is 5. The zero-order chi connectivity index (χ0) is 21.8. The summed E-state index contributed by atoms with van der Waals surface area (Å²) in [6.07, 6.45) is 4.56. The van der Waals surface area contributed by atoms with Crippen LogP contribution in [0.5, 0.6) is 0 Å².